The van der Waals surface area contributed by atoms with Crippen molar-refractivity contribution >= 4 is 29.0 Å². The van der Waals surface area contributed by atoms with Gasteiger partial charge in [-0.15, -0.1) is 0 Å². The Bertz CT molecular complexity index is 1680. The van der Waals surface area contributed by atoms with E-state index in [1.165, 1.54) is 26.2 Å². The summed E-state index contributed by atoms with van der Waals surface area (Å²) >= 11 is 5.46. The average Bonchev–Trinajstić information content (AvgIpc) is 3.23. The third kappa shape index (κ3) is 14.0. The highest BCUT2D eigenvalue weighted by Gasteiger charge is 2.53. The van der Waals surface area contributed by atoms with E-state index in [-0.39, 0.29) is 37.3 Å². The Hall–Kier alpha value is -2.17. The molecule has 1 aromatic carbocycles. The lowest BCUT2D eigenvalue weighted by Crippen LogP contribution is -2.60. The van der Waals surface area contributed by atoms with E-state index in [1.54, 1.807) is 60.6 Å². The molecule has 1 aromatic rings. The number of rotatable bonds is 12. The van der Waals surface area contributed by atoms with Gasteiger partial charge in [0, 0.05) is 56.9 Å². The molecule has 3 heterocycles. The van der Waals surface area contributed by atoms with Gasteiger partial charge in [0.15, 0.2) is 17.7 Å². The molecule has 0 spiro atoms. The van der Waals surface area contributed by atoms with E-state index in [4.69, 9.17) is 40.6 Å². The number of anilines is 1. The van der Waals surface area contributed by atoms with E-state index in [0.717, 1.165) is 0 Å². The number of aliphatic hydroxyl groups excluding tert-OH is 3. The van der Waals surface area contributed by atoms with E-state index < -0.39 is 102 Å². The SMILES string of the molecule is CC[C@H]1OC(=O)[C@H](C)[C@@H](O[C@H]2C[C@@](C)(OC)[C@@H](O)[C@H](C)O2)[C@H](C)[C@@H](O[C@@H]2O[C@H](C)C[C@H](N(C)C)[C@H]2O)[C@](C)(O)C[C@@H](C)CN(CCCNC(=S)Nc2cccc(F)c2)[C@H](C)[C@@H](O)[C@]1(C)O. The first-order valence-corrected chi connectivity index (χ1v) is 23.7. The first kappa shape index (κ1) is 55.4. The van der Waals surface area contributed by atoms with Crippen molar-refractivity contribution in [3.05, 3.63) is 30.1 Å². The molecule has 0 saturated carbocycles. The summed E-state index contributed by atoms with van der Waals surface area (Å²) in [5, 5.41) is 66.2. The van der Waals surface area contributed by atoms with Gasteiger partial charge in [-0.05, 0) is 125 Å². The predicted molar refractivity (Wildman–Crippen MR) is 248 cm³/mol. The first-order valence-electron chi connectivity index (χ1n) is 23.3. The number of benzene rings is 1. The molecule has 3 aliphatic rings. The number of thiocarbonyl (C=S) groups is 1. The molecular formula is C47H81FN4O12S. The summed E-state index contributed by atoms with van der Waals surface area (Å²) in [7, 11) is 5.25. The van der Waals surface area contributed by atoms with Crippen LogP contribution in [0.15, 0.2) is 24.3 Å². The molecule has 3 saturated heterocycles. The zero-order valence-corrected chi connectivity index (χ0v) is 41.7. The van der Waals surface area contributed by atoms with Crippen molar-refractivity contribution in [3.8, 4) is 0 Å². The normalized spacial score (nSPS) is 41.8. The molecule has 0 amide bonds. The number of methoxy groups -OCH3 is 1. The van der Waals surface area contributed by atoms with Crippen LogP contribution in [-0.2, 0) is 33.2 Å². The summed E-state index contributed by atoms with van der Waals surface area (Å²) < 4.78 is 51.8. The van der Waals surface area contributed by atoms with E-state index in [9.17, 15) is 34.7 Å². The summed E-state index contributed by atoms with van der Waals surface area (Å²) in [4.78, 5) is 18.5. The molecule has 0 aromatic heterocycles. The Kier molecular flexibility index (Phi) is 20.0. The van der Waals surface area contributed by atoms with Gasteiger partial charge >= 0.3 is 5.97 Å². The fourth-order valence-corrected chi connectivity index (χ4v) is 10.3. The van der Waals surface area contributed by atoms with E-state index in [2.05, 4.69) is 10.6 Å². The van der Waals surface area contributed by atoms with Gasteiger partial charge in [-0.25, -0.2) is 4.39 Å². The minimum absolute atomic E-state index is 0.0997. The van der Waals surface area contributed by atoms with Crippen LogP contribution in [-0.4, -0.2) is 178 Å². The number of esters is 1. The summed E-state index contributed by atoms with van der Waals surface area (Å²) in [6.45, 7) is 18.7. The number of halogens is 1. The zero-order chi connectivity index (χ0) is 48.8. The van der Waals surface area contributed by atoms with Gasteiger partial charge in [0.2, 0.25) is 0 Å². The number of carbonyl (C=O) groups excluding carboxylic acids is 1. The number of carbonyl (C=O) groups is 1. The largest absolute Gasteiger partial charge is 0.459 e. The third-order valence-corrected chi connectivity index (χ3v) is 14.3. The van der Waals surface area contributed by atoms with Crippen LogP contribution in [0.5, 0.6) is 0 Å². The first-order chi connectivity index (χ1) is 30.3. The van der Waals surface area contributed by atoms with Crippen molar-refractivity contribution < 1.29 is 63.1 Å². The topological polar surface area (TPSA) is 204 Å². The number of nitrogens with zero attached hydrogens (tertiary/aromatic N) is 2. The smallest absolute Gasteiger partial charge is 0.311 e. The number of likely N-dealkylation sites (N-methyl/N-ethyl adjacent to an activating group) is 1. The quantitative estimate of drug-likeness (QED) is 0.0906. The standard InChI is InChI=1S/C47H81FN4O12S/c1-14-35-47(10,58)39(54)30(6)52(20-16-19-49-44(65)50-33-18-15-17-32(48)22-33)25-26(2)23-45(8,57)41(64-43-37(53)34(51(11)12)21-27(3)60-43)28(4)38(29(5)42(56)62-35)63-36-24-46(9,59-13)40(55)31(7)61-36/h15,17-18,22,26-31,34-41,43,53-55,57-58H,14,16,19-21,23-25H2,1-13H3,(H2,49,50,65)/t26-,27-,28+,29-,30-,31+,34+,35-,36+,37-,38+,39-,40+,41-,43+,45-,46-,47-/m1/s1. The minimum Gasteiger partial charge on any atom is -0.459 e. The zero-order valence-electron chi connectivity index (χ0n) is 40.9. The van der Waals surface area contributed by atoms with Crippen molar-refractivity contribution in [1.29, 1.82) is 0 Å². The lowest BCUT2D eigenvalue weighted by atomic mass is 9.77. The maximum atomic E-state index is 14.5. The van der Waals surface area contributed by atoms with Gasteiger partial charge in [0.25, 0.3) is 0 Å². The van der Waals surface area contributed by atoms with Crippen LogP contribution in [0.4, 0.5) is 10.1 Å². The van der Waals surface area contributed by atoms with E-state index in [0.29, 0.717) is 43.3 Å². The average molecular weight is 945 g/mol. The Morgan fingerprint density at radius 2 is 1.69 bits per heavy atom. The number of nitrogens with one attached hydrogen (secondary N) is 2. The van der Waals surface area contributed by atoms with Crippen LogP contribution >= 0.6 is 12.2 Å². The molecule has 7 N–H and O–H groups in total. The number of ether oxygens (including phenoxy) is 6. The van der Waals surface area contributed by atoms with E-state index in [1.807, 2.05) is 37.7 Å². The van der Waals surface area contributed by atoms with Crippen LogP contribution in [0.3, 0.4) is 0 Å². The Morgan fingerprint density at radius 3 is 2.31 bits per heavy atom. The second-order valence-corrected chi connectivity index (χ2v) is 20.4. The number of hydrogen-bond acceptors (Lipinski definition) is 15. The molecule has 0 aliphatic carbocycles. The molecule has 4 rings (SSSR count). The Labute approximate surface area is 391 Å². The van der Waals surface area contributed by atoms with Gasteiger partial charge in [0.1, 0.15) is 35.8 Å². The van der Waals surface area contributed by atoms with Crippen LogP contribution in [0.2, 0.25) is 0 Å². The summed E-state index contributed by atoms with van der Waals surface area (Å²) in [5.41, 5.74) is -4.12. The van der Waals surface area contributed by atoms with Crippen molar-refractivity contribution in [2.24, 2.45) is 17.8 Å². The Balaban J connectivity index is 1.74. The molecule has 374 valence electrons. The molecule has 3 aliphatic heterocycles. The van der Waals surface area contributed by atoms with Crippen molar-refractivity contribution in [1.82, 2.24) is 15.1 Å². The molecule has 3 fully saturated rings. The summed E-state index contributed by atoms with van der Waals surface area (Å²) in [6.07, 6.45) is -8.46. The van der Waals surface area contributed by atoms with Gasteiger partial charge in [0.05, 0.1) is 41.5 Å². The third-order valence-electron chi connectivity index (χ3n) is 14.0. The van der Waals surface area contributed by atoms with Gasteiger partial charge in [-0.2, -0.15) is 0 Å². The highest BCUT2D eigenvalue weighted by atomic mass is 32.1. The fourth-order valence-electron chi connectivity index (χ4n) is 10.1. The second kappa shape index (κ2) is 23.4. The lowest BCUT2D eigenvalue weighted by molar-refractivity contribution is -0.318. The minimum atomic E-state index is -1.91. The monoisotopic (exact) mass is 945 g/mol. The molecule has 16 nitrogen and oxygen atoms in total. The van der Waals surface area contributed by atoms with Crippen molar-refractivity contribution in [2.45, 2.75) is 192 Å². The predicted octanol–water partition coefficient (Wildman–Crippen LogP) is 3.79. The van der Waals surface area contributed by atoms with Gasteiger partial charge in [-0.3, -0.25) is 9.69 Å². The molecular weight excluding hydrogens is 864 g/mol. The number of aliphatic hydroxyl groups is 5. The Morgan fingerprint density at radius 1 is 1.02 bits per heavy atom. The molecule has 0 radical (unpaired) electrons. The van der Waals surface area contributed by atoms with Crippen LogP contribution < -0.4 is 10.6 Å². The second-order valence-electron chi connectivity index (χ2n) is 20.0. The number of hydrogen-bond donors (Lipinski definition) is 7. The molecule has 0 unspecified atom stereocenters. The van der Waals surface area contributed by atoms with Crippen LogP contribution in [0, 0.1) is 23.6 Å². The van der Waals surface area contributed by atoms with Crippen molar-refractivity contribution in [2.75, 3.05) is 46.2 Å². The van der Waals surface area contributed by atoms with Gasteiger partial charge in [-0.1, -0.05) is 26.8 Å². The number of cyclic esters (lactones) is 1. The molecule has 18 heteroatoms. The molecule has 0 bridgehead atoms. The van der Waals surface area contributed by atoms with Crippen LogP contribution in [0.25, 0.3) is 0 Å². The maximum Gasteiger partial charge on any atom is 0.311 e. The van der Waals surface area contributed by atoms with Gasteiger partial charge < -0.3 is 69.5 Å². The summed E-state index contributed by atoms with van der Waals surface area (Å²) in [6, 6.07) is 4.99. The lowest BCUT2D eigenvalue weighted by Gasteiger charge is -2.48. The highest BCUT2D eigenvalue weighted by molar-refractivity contribution is 7.80. The molecule has 18 atom stereocenters. The van der Waals surface area contributed by atoms with Crippen LogP contribution in [0.1, 0.15) is 101 Å². The van der Waals surface area contributed by atoms with E-state index >= 15 is 0 Å². The van der Waals surface area contributed by atoms with Crippen molar-refractivity contribution in [3.63, 3.8) is 0 Å². The fraction of sp³-hybridized carbons (Fsp3) is 0.830. The highest BCUT2D eigenvalue weighted by Crippen LogP contribution is 2.40. The maximum absolute atomic E-state index is 14.5. The molecule has 65 heavy (non-hydrogen) atoms. The summed E-state index contributed by atoms with van der Waals surface area (Å²) in [5.74, 6) is -3.26.